The van der Waals surface area contributed by atoms with Gasteiger partial charge in [0.05, 0.1) is 38.9 Å². The van der Waals surface area contributed by atoms with E-state index in [0.29, 0.717) is 0 Å². The van der Waals surface area contributed by atoms with Crippen molar-refractivity contribution in [3.05, 3.63) is 58.6 Å². The molecule has 21 heavy (non-hydrogen) atoms. The highest BCUT2D eigenvalue weighted by atomic mass is 35.5. The summed E-state index contributed by atoms with van der Waals surface area (Å²) in [7, 11) is -3.89. The zero-order valence-corrected chi connectivity index (χ0v) is 12.1. The maximum atomic E-state index is 12.3. The number of nitrogens with zero attached hydrogens (tertiary/aromatic N) is 2. The van der Waals surface area contributed by atoms with Gasteiger partial charge in [0.25, 0.3) is 10.0 Å². The SMILES string of the molecule is N#Cc1cccc(S(=O)(=O)Nc2cc(C#N)ccc2Cl)c1. The second-order valence-electron chi connectivity index (χ2n) is 4.05. The number of nitriles is 2. The third-order valence-corrected chi connectivity index (χ3v) is 4.31. The minimum absolute atomic E-state index is 0.0556. The topological polar surface area (TPSA) is 93.8 Å². The quantitative estimate of drug-likeness (QED) is 0.941. The van der Waals surface area contributed by atoms with Crippen LogP contribution >= 0.6 is 11.6 Å². The van der Waals surface area contributed by atoms with Gasteiger partial charge in [-0.25, -0.2) is 8.42 Å². The lowest BCUT2D eigenvalue weighted by Gasteiger charge is -2.10. The molecule has 0 heterocycles. The molecule has 2 aromatic carbocycles. The van der Waals surface area contributed by atoms with Crippen molar-refractivity contribution in [2.75, 3.05) is 4.72 Å². The maximum absolute atomic E-state index is 12.3. The highest BCUT2D eigenvalue weighted by Gasteiger charge is 2.16. The number of sulfonamides is 1. The third kappa shape index (κ3) is 3.32. The van der Waals surface area contributed by atoms with Crippen LogP contribution in [0.2, 0.25) is 5.02 Å². The summed E-state index contributed by atoms with van der Waals surface area (Å²) in [6.45, 7) is 0. The Morgan fingerprint density at radius 3 is 2.33 bits per heavy atom. The van der Waals surface area contributed by atoms with Crippen molar-refractivity contribution in [2.24, 2.45) is 0 Å². The van der Waals surface area contributed by atoms with Crippen LogP contribution in [0.3, 0.4) is 0 Å². The second-order valence-corrected chi connectivity index (χ2v) is 6.14. The smallest absolute Gasteiger partial charge is 0.261 e. The standard InChI is InChI=1S/C14H8ClN3O2S/c15-13-5-4-11(9-17)7-14(13)18-21(19,20)12-3-1-2-10(6-12)8-16/h1-7,18H. The fraction of sp³-hybridized carbons (Fsp3) is 0. The molecule has 0 fully saturated rings. The van der Waals surface area contributed by atoms with Crippen molar-refractivity contribution in [3.8, 4) is 12.1 Å². The summed E-state index contributed by atoms with van der Waals surface area (Å²) in [5, 5.41) is 17.8. The van der Waals surface area contributed by atoms with Crippen LogP contribution in [0.1, 0.15) is 11.1 Å². The highest BCUT2D eigenvalue weighted by molar-refractivity contribution is 7.92. The van der Waals surface area contributed by atoms with E-state index in [1.165, 1.54) is 42.5 Å². The molecule has 1 N–H and O–H groups in total. The Kier molecular flexibility index (Phi) is 4.13. The largest absolute Gasteiger partial charge is 0.278 e. The van der Waals surface area contributed by atoms with Crippen molar-refractivity contribution in [1.29, 1.82) is 10.5 Å². The van der Waals surface area contributed by atoms with Gasteiger partial charge in [-0.15, -0.1) is 0 Å². The minimum atomic E-state index is -3.89. The molecule has 0 bridgehead atoms. The number of benzene rings is 2. The van der Waals surface area contributed by atoms with Crippen LogP contribution in [-0.4, -0.2) is 8.42 Å². The summed E-state index contributed by atoms with van der Waals surface area (Å²) < 4.78 is 26.8. The van der Waals surface area contributed by atoms with Gasteiger partial charge in [0.1, 0.15) is 0 Å². The number of halogens is 1. The predicted molar refractivity (Wildman–Crippen MR) is 78.1 cm³/mol. The van der Waals surface area contributed by atoms with Gasteiger partial charge in [-0.05, 0) is 36.4 Å². The number of nitrogens with one attached hydrogen (secondary N) is 1. The predicted octanol–water partition coefficient (Wildman–Crippen LogP) is 2.88. The Morgan fingerprint density at radius 2 is 1.67 bits per heavy atom. The first-order valence-corrected chi connectivity index (χ1v) is 7.55. The van der Waals surface area contributed by atoms with E-state index in [2.05, 4.69) is 4.72 Å². The molecule has 2 rings (SSSR count). The molecule has 2 aromatic rings. The fourth-order valence-corrected chi connectivity index (χ4v) is 2.95. The molecule has 0 aliphatic heterocycles. The van der Waals surface area contributed by atoms with Gasteiger partial charge in [-0.2, -0.15) is 10.5 Å². The Morgan fingerprint density at radius 1 is 1.00 bits per heavy atom. The Bertz CT molecular complexity index is 880. The van der Waals surface area contributed by atoms with Crippen LogP contribution in [0.15, 0.2) is 47.4 Å². The van der Waals surface area contributed by atoms with Crippen LogP contribution in [0.5, 0.6) is 0 Å². The van der Waals surface area contributed by atoms with E-state index in [-0.39, 0.29) is 26.7 Å². The lowest BCUT2D eigenvalue weighted by Crippen LogP contribution is -2.13. The molecule has 0 amide bonds. The molecule has 0 unspecified atom stereocenters. The highest BCUT2D eigenvalue weighted by Crippen LogP contribution is 2.25. The molecule has 0 aromatic heterocycles. The summed E-state index contributed by atoms with van der Waals surface area (Å²) in [5.74, 6) is 0. The third-order valence-electron chi connectivity index (χ3n) is 2.61. The van der Waals surface area contributed by atoms with E-state index in [9.17, 15) is 8.42 Å². The van der Waals surface area contributed by atoms with Gasteiger partial charge in [0, 0.05) is 0 Å². The molecule has 5 nitrogen and oxygen atoms in total. The van der Waals surface area contributed by atoms with Gasteiger partial charge in [-0.1, -0.05) is 17.7 Å². The first-order valence-electron chi connectivity index (χ1n) is 5.69. The van der Waals surface area contributed by atoms with Gasteiger partial charge in [0.2, 0.25) is 0 Å². The second kappa shape index (κ2) is 5.84. The Labute approximate surface area is 127 Å². The molecule has 0 radical (unpaired) electrons. The number of hydrogen-bond acceptors (Lipinski definition) is 4. The van der Waals surface area contributed by atoms with Crippen LogP contribution in [0, 0.1) is 22.7 Å². The molecule has 0 aliphatic carbocycles. The molecule has 0 saturated carbocycles. The molecule has 0 spiro atoms. The van der Waals surface area contributed by atoms with Crippen LogP contribution in [0.4, 0.5) is 5.69 Å². The summed E-state index contributed by atoms with van der Waals surface area (Å²) in [6, 6.07) is 13.6. The number of rotatable bonds is 3. The van der Waals surface area contributed by atoms with Crippen molar-refractivity contribution in [1.82, 2.24) is 0 Å². The minimum Gasteiger partial charge on any atom is -0.278 e. The summed E-state index contributed by atoms with van der Waals surface area (Å²) >= 11 is 5.92. The number of hydrogen-bond donors (Lipinski definition) is 1. The molecule has 104 valence electrons. The molecular weight excluding hydrogens is 310 g/mol. The molecule has 0 saturated heterocycles. The lowest BCUT2D eigenvalue weighted by atomic mass is 10.2. The summed E-state index contributed by atoms with van der Waals surface area (Å²) in [4.78, 5) is -0.0556. The monoisotopic (exact) mass is 317 g/mol. The summed E-state index contributed by atoms with van der Waals surface area (Å²) in [5.41, 5.74) is 0.621. The summed E-state index contributed by atoms with van der Waals surface area (Å²) in [6.07, 6.45) is 0. The van der Waals surface area contributed by atoms with Gasteiger partial charge in [-0.3, -0.25) is 4.72 Å². The van der Waals surface area contributed by atoms with Crippen LogP contribution < -0.4 is 4.72 Å². The molecular formula is C14H8ClN3O2S. The van der Waals surface area contributed by atoms with E-state index >= 15 is 0 Å². The molecule has 7 heteroatoms. The first-order chi connectivity index (χ1) is 9.96. The zero-order chi connectivity index (χ0) is 15.5. The van der Waals surface area contributed by atoms with Crippen LogP contribution in [-0.2, 0) is 10.0 Å². The van der Waals surface area contributed by atoms with Crippen molar-refractivity contribution < 1.29 is 8.42 Å². The lowest BCUT2D eigenvalue weighted by molar-refractivity contribution is 0.601. The first kappa shape index (κ1) is 14.9. The molecule has 0 atom stereocenters. The normalized spacial score (nSPS) is 10.4. The van der Waals surface area contributed by atoms with Crippen molar-refractivity contribution in [3.63, 3.8) is 0 Å². The van der Waals surface area contributed by atoms with E-state index in [4.69, 9.17) is 22.1 Å². The van der Waals surface area contributed by atoms with Crippen molar-refractivity contribution >= 4 is 27.3 Å². The van der Waals surface area contributed by atoms with E-state index in [1.807, 2.05) is 12.1 Å². The fourth-order valence-electron chi connectivity index (χ4n) is 1.61. The van der Waals surface area contributed by atoms with Crippen LogP contribution in [0.25, 0.3) is 0 Å². The van der Waals surface area contributed by atoms with E-state index < -0.39 is 10.0 Å². The average Bonchev–Trinajstić information content (AvgIpc) is 2.49. The number of anilines is 1. The van der Waals surface area contributed by atoms with Gasteiger partial charge < -0.3 is 0 Å². The van der Waals surface area contributed by atoms with E-state index in [0.717, 1.165) is 0 Å². The Hall–Kier alpha value is -2.54. The van der Waals surface area contributed by atoms with Gasteiger partial charge >= 0.3 is 0 Å². The average molecular weight is 318 g/mol. The maximum Gasteiger partial charge on any atom is 0.261 e. The molecule has 0 aliphatic rings. The Balaban J connectivity index is 2.43. The van der Waals surface area contributed by atoms with Crippen molar-refractivity contribution in [2.45, 2.75) is 4.90 Å². The van der Waals surface area contributed by atoms with E-state index in [1.54, 1.807) is 0 Å². The zero-order valence-electron chi connectivity index (χ0n) is 10.5. The van der Waals surface area contributed by atoms with Gasteiger partial charge in [0.15, 0.2) is 0 Å².